The van der Waals surface area contributed by atoms with E-state index in [0.29, 0.717) is 0 Å². The van der Waals surface area contributed by atoms with E-state index in [9.17, 15) is 4.79 Å². The van der Waals surface area contributed by atoms with Crippen molar-refractivity contribution in [2.24, 2.45) is 10.8 Å². The van der Waals surface area contributed by atoms with E-state index in [1.807, 2.05) is 0 Å². The molecule has 2 heteroatoms. The van der Waals surface area contributed by atoms with E-state index in [2.05, 4.69) is 48.5 Å². The molecule has 0 bridgehead atoms. The first-order valence-electron chi connectivity index (χ1n) is 6.69. The first kappa shape index (κ1) is 16.5. The molecule has 102 valence electrons. The van der Waals surface area contributed by atoms with Gasteiger partial charge in [-0.3, -0.25) is 4.79 Å². The summed E-state index contributed by atoms with van der Waals surface area (Å²) in [7, 11) is 0. The topological polar surface area (TPSA) is 26.3 Å². The van der Waals surface area contributed by atoms with Crippen LogP contribution in [-0.4, -0.2) is 11.6 Å². The molecule has 17 heavy (non-hydrogen) atoms. The second-order valence-corrected chi connectivity index (χ2v) is 6.76. The highest BCUT2D eigenvalue weighted by atomic mass is 16.6. The highest BCUT2D eigenvalue weighted by molar-refractivity contribution is 5.66. The summed E-state index contributed by atoms with van der Waals surface area (Å²) in [4.78, 5) is 11.4. The molecule has 0 aliphatic heterocycles. The molecule has 0 fully saturated rings. The summed E-state index contributed by atoms with van der Waals surface area (Å²) in [6.07, 6.45) is 2.98. The fraction of sp³-hybridized carbons (Fsp3) is 0.933. The lowest BCUT2D eigenvalue weighted by Gasteiger charge is -2.46. The lowest BCUT2D eigenvalue weighted by molar-refractivity contribution is -0.175. The third-order valence-electron chi connectivity index (χ3n) is 4.46. The van der Waals surface area contributed by atoms with Crippen LogP contribution in [0.2, 0.25) is 0 Å². The molecule has 2 nitrogen and oxygen atoms in total. The summed E-state index contributed by atoms with van der Waals surface area (Å²) >= 11 is 0. The average Bonchev–Trinajstić information content (AvgIpc) is 2.15. The number of hydrogen-bond acceptors (Lipinski definition) is 2. The Morgan fingerprint density at radius 1 is 1.00 bits per heavy atom. The molecule has 1 atom stereocenters. The number of rotatable bonds is 6. The fourth-order valence-electron chi connectivity index (χ4n) is 2.14. The summed E-state index contributed by atoms with van der Waals surface area (Å²) in [6, 6.07) is 0. The van der Waals surface area contributed by atoms with Gasteiger partial charge in [-0.05, 0) is 25.2 Å². The predicted octanol–water partition coefficient (Wildman–Crippen LogP) is 4.57. The van der Waals surface area contributed by atoms with Crippen molar-refractivity contribution in [3.8, 4) is 0 Å². The largest absolute Gasteiger partial charge is 0.459 e. The van der Waals surface area contributed by atoms with Crippen LogP contribution >= 0.6 is 0 Å². The highest BCUT2D eigenvalue weighted by Gasteiger charge is 2.45. The van der Waals surface area contributed by atoms with Gasteiger partial charge in [0.05, 0.1) is 0 Å². The molecule has 0 aliphatic carbocycles. The van der Waals surface area contributed by atoms with Crippen molar-refractivity contribution in [1.29, 1.82) is 0 Å². The lowest BCUT2D eigenvalue weighted by Crippen LogP contribution is -2.48. The van der Waals surface area contributed by atoms with Crippen molar-refractivity contribution in [1.82, 2.24) is 0 Å². The Labute approximate surface area is 107 Å². The Balaban J connectivity index is 5.18. The molecule has 0 aromatic carbocycles. The quantitative estimate of drug-likeness (QED) is 0.638. The summed E-state index contributed by atoms with van der Waals surface area (Å²) in [5.74, 6) is -0.180. The van der Waals surface area contributed by atoms with Crippen LogP contribution in [0.25, 0.3) is 0 Å². The minimum atomic E-state index is -0.396. The Hall–Kier alpha value is -0.530. The van der Waals surface area contributed by atoms with Crippen molar-refractivity contribution < 1.29 is 9.53 Å². The van der Waals surface area contributed by atoms with Crippen molar-refractivity contribution >= 4 is 5.97 Å². The SMILES string of the molecule is CCC(C)(C)CC(C)(OC(C)=O)C(C)(C)CC. The normalized spacial score (nSPS) is 16.5. The van der Waals surface area contributed by atoms with Gasteiger partial charge in [0.15, 0.2) is 0 Å². The molecule has 1 unspecified atom stereocenters. The predicted molar refractivity (Wildman–Crippen MR) is 72.9 cm³/mol. The van der Waals surface area contributed by atoms with Gasteiger partial charge in [0, 0.05) is 12.3 Å². The van der Waals surface area contributed by atoms with E-state index in [-0.39, 0.29) is 16.8 Å². The average molecular weight is 242 g/mol. The summed E-state index contributed by atoms with van der Waals surface area (Å²) in [6.45, 7) is 16.8. The summed E-state index contributed by atoms with van der Waals surface area (Å²) in [5.41, 5.74) is -0.213. The lowest BCUT2D eigenvalue weighted by atomic mass is 9.66. The van der Waals surface area contributed by atoms with Crippen LogP contribution in [0.3, 0.4) is 0 Å². The molecule has 0 saturated heterocycles. The maximum absolute atomic E-state index is 11.4. The van der Waals surface area contributed by atoms with Crippen LogP contribution in [0.1, 0.15) is 74.7 Å². The maximum Gasteiger partial charge on any atom is 0.303 e. The molecule has 0 amide bonds. The van der Waals surface area contributed by atoms with Crippen LogP contribution in [0.4, 0.5) is 0 Å². The van der Waals surface area contributed by atoms with Gasteiger partial charge in [-0.1, -0.05) is 48.0 Å². The van der Waals surface area contributed by atoms with E-state index in [1.165, 1.54) is 6.92 Å². The molecule has 0 heterocycles. The molecule has 0 spiro atoms. The third-order valence-corrected chi connectivity index (χ3v) is 4.46. The van der Waals surface area contributed by atoms with Gasteiger partial charge in [-0.25, -0.2) is 0 Å². The molecular weight excluding hydrogens is 212 g/mol. The van der Waals surface area contributed by atoms with Crippen molar-refractivity contribution in [2.75, 3.05) is 0 Å². The molecule has 0 radical (unpaired) electrons. The van der Waals surface area contributed by atoms with Crippen molar-refractivity contribution in [3.05, 3.63) is 0 Å². The second kappa shape index (κ2) is 5.41. The Bertz CT molecular complexity index is 266. The fourth-order valence-corrected chi connectivity index (χ4v) is 2.14. The number of hydrogen-bond donors (Lipinski definition) is 0. The van der Waals surface area contributed by atoms with Gasteiger partial charge in [-0.15, -0.1) is 0 Å². The van der Waals surface area contributed by atoms with Crippen LogP contribution in [-0.2, 0) is 9.53 Å². The monoisotopic (exact) mass is 242 g/mol. The first-order valence-corrected chi connectivity index (χ1v) is 6.69. The van der Waals surface area contributed by atoms with Gasteiger partial charge >= 0.3 is 5.97 Å². The smallest absolute Gasteiger partial charge is 0.303 e. The van der Waals surface area contributed by atoms with Gasteiger partial charge in [0.1, 0.15) is 5.60 Å². The number of ether oxygens (including phenoxy) is 1. The van der Waals surface area contributed by atoms with E-state index < -0.39 is 5.60 Å². The highest BCUT2D eigenvalue weighted by Crippen LogP contribution is 2.45. The first-order chi connectivity index (χ1) is 7.49. The van der Waals surface area contributed by atoms with E-state index in [0.717, 1.165) is 19.3 Å². The minimum absolute atomic E-state index is 0.00882. The zero-order chi connectivity index (χ0) is 13.9. The standard InChI is InChI=1S/C15H30O2/c1-9-13(4,5)11-15(8,17-12(3)16)14(6,7)10-2/h9-11H2,1-8H3. The van der Waals surface area contributed by atoms with Crippen molar-refractivity contribution in [3.63, 3.8) is 0 Å². The van der Waals surface area contributed by atoms with Gasteiger partial charge in [0.25, 0.3) is 0 Å². The van der Waals surface area contributed by atoms with E-state index >= 15 is 0 Å². The zero-order valence-corrected chi connectivity index (χ0v) is 12.9. The summed E-state index contributed by atoms with van der Waals surface area (Å²) in [5, 5.41) is 0. The second-order valence-electron chi connectivity index (χ2n) is 6.76. The number of carbonyl (C=O) groups excluding carboxylic acids is 1. The van der Waals surface area contributed by atoms with Crippen LogP contribution in [0.15, 0.2) is 0 Å². The minimum Gasteiger partial charge on any atom is -0.459 e. The third kappa shape index (κ3) is 4.33. The van der Waals surface area contributed by atoms with Crippen LogP contribution < -0.4 is 0 Å². The number of esters is 1. The molecule has 0 rings (SSSR count). The molecule has 0 aromatic heterocycles. The van der Waals surface area contributed by atoms with Crippen molar-refractivity contribution in [2.45, 2.75) is 80.3 Å². The van der Waals surface area contributed by atoms with Crippen LogP contribution in [0, 0.1) is 10.8 Å². The maximum atomic E-state index is 11.4. The van der Waals surface area contributed by atoms with Crippen LogP contribution in [0.5, 0.6) is 0 Å². The van der Waals surface area contributed by atoms with Gasteiger partial charge in [-0.2, -0.15) is 0 Å². The zero-order valence-electron chi connectivity index (χ0n) is 12.9. The molecule has 0 aromatic rings. The Kier molecular flexibility index (Phi) is 5.24. The molecule has 0 aliphatic rings. The van der Waals surface area contributed by atoms with Gasteiger partial charge in [0.2, 0.25) is 0 Å². The molecule has 0 saturated carbocycles. The molecule has 0 N–H and O–H groups in total. The number of carbonyl (C=O) groups is 1. The van der Waals surface area contributed by atoms with E-state index in [4.69, 9.17) is 4.74 Å². The van der Waals surface area contributed by atoms with Gasteiger partial charge < -0.3 is 4.74 Å². The molecular formula is C15H30O2. The Morgan fingerprint density at radius 2 is 1.47 bits per heavy atom. The van der Waals surface area contributed by atoms with E-state index in [1.54, 1.807) is 0 Å². The summed E-state index contributed by atoms with van der Waals surface area (Å²) < 4.78 is 5.69. The Morgan fingerprint density at radius 3 is 1.76 bits per heavy atom.